The molecule has 29 heavy (non-hydrogen) atoms. The third-order valence-corrected chi connectivity index (χ3v) is 7.04. The van der Waals surface area contributed by atoms with Gasteiger partial charge in [0.2, 0.25) is 0 Å². The Balaban J connectivity index is 1.62. The van der Waals surface area contributed by atoms with Gasteiger partial charge in [-0.25, -0.2) is 8.42 Å². The maximum absolute atomic E-state index is 13.1. The highest BCUT2D eigenvalue weighted by atomic mass is 35.5. The van der Waals surface area contributed by atoms with E-state index < -0.39 is 10.0 Å². The molecule has 0 atom stereocenters. The number of fused-ring (bicyclic) bond motifs is 1. The van der Waals surface area contributed by atoms with E-state index >= 15 is 0 Å². The largest absolute Gasteiger partial charge is 0.322 e. The summed E-state index contributed by atoms with van der Waals surface area (Å²) >= 11 is 11.7. The Labute approximate surface area is 178 Å². The number of sulfonamides is 1. The fourth-order valence-corrected chi connectivity index (χ4v) is 4.96. The second kappa shape index (κ2) is 7.71. The minimum absolute atomic E-state index is 0.172. The third kappa shape index (κ3) is 3.96. The zero-order chi connectivity index (χ0) is 20.6. The number of hydrogen-bond donors (Lipinski definition) is 1. The minimum Gasteiger partial charge on any atom is -0.322 e. The summed E-state index contributed by atoms with van der Waals surface area (Å²) in [7, 11) is -3.72. The van der Waals surface area contributed by atoms with E-state index in [9.17, 15) is 13.2 Å². The summed E-state index contributed by atoms with van der Waals surface area (Å²) in [6.07, 6.45) is 0.605. The summed E-state index contributed by atoms with van der Waals surface area (Å²) in [6.45, 7) is 0.342. The standard InChI is InChI=1S/C21H16Cl2N2O3S/c22-16-4-1-15(2-5-16)21(26)24-18-8-3-14-11-12-25(20(14)13-18)29(27,28)19-9-6-17(23)7-10-19/h1-10,13H,11-12H2,(H,24,26). The van der Waals surface area contributed by atoms with E-state index in [1.54, 1.807) is 48.5 Å². The summed E-state index contributed by atoms with van der Waals surface area (Å²) in [5.74, 6) is -0.299. The highest BCUT2D eigenvalue weighted by Crippen LogP contribution is 2.35. The average Bonchev–Trinajstić information content (AvgIpc) is 3.13. The first-order valence-electron chi connectivity index (χ1n) is 8.83. The van der Waals surface area contributed by atoms with Gasteiger partial charge in [0.1, 0.15) is 0 Å². The Bertz CT molecular complexity index is 1180. The summed E-state index contributed by atoms with van der Waals surface area (Å²) in [5, 5.41) is 3.82. The highest BCUT2D eigenvalue weighted by molar-refractivity contribution is 7.92. The van der Waals surface area contributed by atoms with Crippen molar-refractivity contribution in [3.63, 3.8) is 0 Å². The average molecular weight is 447 g/mol. The molecule has 1 amide bonds. The van der Waals surface area contributed by atoms with Gasteiger partial charge in [0.05, 0.1) is 10.6 Å². The van der Waals surface area contributed by atoms with Crippen LogP contribution in [0.4, 0.5) is 11.4 Å². The molecule has 8 heteroatoms. The minimum atomic E-state index is -3.72. The number of halogens is 2. The lowest BCUT2D eigenvalue weighted by Gasteiger charge is -2.20. The van der Waals surface area contributed by atoms with Crippen LogP contribution in [0, 0.1) is 0 Å². The highest BCUT2D eigenvalue weighted by Gasteiger charge is 2.31. The van der Waals surface area contributed by atoms with Crippen molar-refractivity contribution in [2.45, 2.75) is 11.3 Å². The molecular formula is C21H16Cl2N2O3S. The molecule has 0 fully saturated rings. The Morgan fingerprint density at radius 3 is 2.17 bits per heavy atom. The van der Waals surface area contributed by atoms with Crippen molar-refractivity contribution < 1.29 is 13.2 Å². The molecule has 3 aromatic carbocycles. The monoisotopic (exact) mass is 446 g/mol. The molecule has 1 aliphatic heterocycles. The molecule has 4 rings (SSSR count). The summed E-state index contributed by atoms with van der Waals surface area (Å²) in [4.78, 5) is 12.6. The Hall–Kier alpha value is -2.54. The topological polar surface area (TPSA) is 66.5 Å². The Kier molecular flexibility index (Phi) is 5.25. The number of nitrogens with zero attached hydrogens (tertiary/aromatic N) is 1. The van der Waals surface area contributed by atoms with E-state index in [1.165, 1.54) is 16.4 Å². The van der Waals surface area contributed by atoms with Crippen LogP contribution in [-0.4, -0.2) is 20.9 Å². The fraction of sp³-hybridized carbons (Fsp3) is 0.0952. The molecule has 148 valence electrons. The number of anilines is 2. The molecule has 1 heterocycles. The first-order valence-corrected chi connectivity index (χ1v) is 11.0. The molecule has 0 spiro atoms. The van der Waals surface area contributed by atoms with Gasteiger partial charge in [-0.1, -0.05) is 29.3 Å². The van der Waals surface area contributed by atoms with Crippen LogP contribution in [0.1, 0.15) is 15.9 Å². The predicted molar refractivity (Wildman–Crippen MR) is 116 cm³/mol. The predicted octanol–water partition coefficient (Wildman–Crippen LogP) is 5.00. The lowest BCUT2D eigenvalue weighted by molar-refractivity contribution is 0.102. The van der Waals surface area contributed by atoms with E-state index in [0.29, 0.717) is 39.9 Å². The first kappa shape index (κ1) is 19.8. The van der Waals surface area contributed by atoms with E-state index in [-0.39, 0.29) is 10.8 Å². The van der Waals surface area contributed by atoms with Gasteiger partial charge in [-0.15, -0.1) is 0 Å². The normalized spacial score (nSPS) is 13.2. The molecule has 5 nitrogen and oxygen atoms in total. The number of benzene rings is 3. The van der Waals surface area contributed by atoms with Gasteiger partial charge in [-0.3, -0.25) is 9.10 Å². The first-order chi connectivity index (χ1) is 13.8. The van der Waals surface area contributed by atoms with Crippen LogP contribution in [0.3, 0.4) is 0 Å². The van der Waals surface area contributed by atoms with Gasteiger partial charge in [0.15, 0.2) is 0 Å². The molecular weight excluding hydrogens is 431 g/mol. The van der Waals surface area contributed by atoms with E-state index in [1.807, 2.05) is 6.07 Å². The zero-order valence-electron chi connectivity index (χ0n) is 15.1. The van der Waals surface area contributed by atoms with E-state index in [0.717, 1.165) is 5.56 Å². The zero-order valence-corrected chi connectivity index (χ0v) is 17.4. The molecule has 3 aromatic rings. The molecule has 0 radical (unpaired) electrons. The molecule has 0 bridgehead atoms. The second-order valence-electron chi connectivity index (χ2n) is 6.59. The van der Waals surface area contributed by atoms with Crippen LogP contribution in [0.2, 0.25) is 10.0 Å². The van der Waals surface area contributed by atoms with Crippen LogP contribution in [0.5, 0.6) is 0 Å². The SMILES string of the molecule is O=C(Nc1ccc2c(c1)N(S(=O)(=O)c1ccc(Cl)cc1)CC2)c1ccc(Cl)cc1. The van der Waals surface area contributed by atoms with Crippen molar-refractivity contribution in [2.24, 2.45) is 0 Å². The van der Waals surface area contributed by atoms with Gasteiger partial charge >= 0.3 is 0 Å². The summed E-state index contributed by atoms with van der Waals surface area (Å²) in [5.41, 5.74) is 2.45. The molecule has 0 aliphatic carbocycles. The maximum atomic E-state index is 13.1. The van der Waals surface area contributed by atoms with Crippen LogP contribution in [0.25, 0.3) is 0 Å². The summed E-state index contributed by atoms with van der Waals surface area (Å²) in [6, 6.07) is 17.9. The van der Waals surface area contributed by atoms with Crippen molar-refractivity contribution >= 4 is 50.5 Å². The van der Waals surface area contributed by atoms with Gasteiger partial charge in [-0.2, -0.15) is 0 Å². The number of hydrogen-bond acceptors (Lipinski definition) is 3. The van der Waals surface area contributed by atoms with Crippen molar-refractivity contribution in [1.29, 1.82) is 0 Å². The van der Waals surface area contributed by atoms with Crippen LogP contribution in [0.15, 0.2) is 71.6 Å². The third-order valence-electron chi connectivity index (χ3n) is 4.70. The number of nitrogens with one attached hydrogen (secondary N) is 1. The maximum Gasteiger partial charge on any atom is 0.264 e. The van der Waals surface area contributed by atoms with Crippen LogP contribution >= 0.6 is 23.2 Å². The van der Waals surface area contributed by atoms with Crippen molar-refractivity contribution in [1.82, 2.24) is 0 Å². The van der Waals surface area contributed by atoms with Crippen LogP contribution in [-0.2, 0) is 16.4 Å². The van der Waals surface area contributed by atoms with Crippen molar-refractivity contribution in [3.8, 4) is 0 Å². The Morgan fingerprint density at radius 2 is 1.52 bits per heavy atom. The molecule has 0 saturated heterocycles. The number of rotatable bonds is 4. The van der Waals surface area contributed by atoms with Gasteiger partial charge < -0.3 is 5.32 Å². The number of carbonyl (C=O) groups excluding carboxylic acids is 1. The summed E-state index contributed by atoms with van der Waals surface area (Å²) < 4.78 is 27.5. The fourth-order valence-electron chi connectivity index (χ4n) is 3.22. The number of amides is 1. The molecule has 0 aromatic heterocycles. The van der Waals surface area contributed by atoms with E-state index in [4.69, 9.17) is 23.2 Å². The quantitative estimate of drug-likeness (QED) is 0.613. The lowest BCUT2D eigenvalue weighted by atomic mass is 10.1. The molecule has 1 N–H and O–H groups in total. The van der Waals surface area contributed by atoms with Gasteiger partial charge in [-0.05, 0) is 72.6 Å². The molecule has 0 saturated carbocycles. The number of carbonyl (C=O) groups is 1. The van der Waals surface area contributed by atoms with Crippen molar-refractivity contribution in [2.75, 3.05) is 16.2 Å². The second-order valence-corrected chi connectivity index (χ2v) is 9.32. The molecule has 0 unspecified atom stereocenters. The molecule has 1 aliphatic rings. The lowest BCUT2D eigenvalue weighted by Crippen LogP contribution is -2.29. The van der Waals surface area contributed by atoms with Crippen molar-refractivity contribution in [3.05, 3.63) is 87.9 Å². The van der Waals surface area contributed by atoms with Gasteiger partial charge in [0, 0.05) is 27.8 Å². The van der Waals surface area contributed by atoms with E-state index in [2.05, 4.69) is 5.32 Å². The van der Waals surface area contributed by atoms with Crippen LogP contribution < -0.4 is 9.62 Å². The Morgan fingerprint density at radius 1 is 0.897 bits per heavy atom. The van der Waals surface area contributed by atoms with Gasteiger partial charge in [0.25, 0.3) is 15.9 Å². The smallest absolute Gasteiger partial charge is 0.264 e.